The van der Waals surface area contributed by atoms with E-state index >= 15 is 0 Å². The van der Waals surface area contributed by atoms with Crippen LogP contribution in [-0.2, 0) is 9.16 Å². The van der Waals surface area contributed by atoms with Crippen molar-refractivity contribution in [1.29, 1.82) is 0 Å². The Kier molecular flexibility index (Phi) is 6.12. The molecular formula is C21H33BrN4O3Si. The highest BCUT2D eigenvalue weighted by atomic mass is 79.9. The topological polar surface area (TPSA) is 69.0 Å². The summed E-state index contributed by atoms with van der Waals surface area (Å²) in [4.78, 5) is 23.8. The number of halogens is 1. The first-order chi connectivity index (χ1) is 13.7. The molecule has 0 N–H and O–H groups in total. The van der Waals surface area contributed by atoms with Crippen molar-refractivity contribution in [2.24, 2.45) is 0 Å². The number of fused-ring (bicyclic) bond motifs is 1. The molecule has 1 amide bonds. The van der Waals surface area contributed by atoms with Crippen molar-refractivity contribution in [2.75, 3.05) is 6.54 Å². The highest BCUT2D eigenvalue weighted by Gasteiger charge is 2.45. The number of aromatic nitrogens is 3. The minimum atomic E-state index is -1.97. The van der Waals surface area contributed by atoms with Gasteiger partial charge in [-0.05, 0) is 54.8 Å². The molecule has 0 aliphatic carbocycles. The number of amides is 1. The molecule has 3 heterocycles. The molecule has 2 aromatic heterocycles. The second kappa shape index (κ2) is 7.91. The van der Waals surface area contributed by atoms with Crippen LogP contribution < -0.4 is 0 Å². The lowest BCUT2D eigenvalue weighted by Crippen LogP contribution is -2.45. The molecule has 1 fully saturated rings. The van der Waals surface area contributed by atoms with E-state index < -0.39 is 13.9 Å². The summed E-state index contributed by atoms with van der Waals surface area (Å²) in [5.41, 5.74) is 1.00. The molecule has 1 saturated heterocycles. The van der Waals surface area contributed by atoms with Gasteiger partial charge in [0, 0.05) is 25.4 Å². The van der Waals surface area contributed by atoms with Crippen LogP contribution in [0.1, 0.15) is 59.7 Å². The highest BCUT2D eigenvalue weighted by Crippen LogP contribution is 2.41. The number of nitrogens with zero attached hydrogens (tertiary/aromatic N) is 4. The van der Waals surface area contributed by atoms with Crippen molar-refractivity contribution in [3.8, 4) is 0 Å². The minimum absolute atomic E-state index is 0.0434. The van der Waals surface area contributed by atoms with E-state index in [0.29, 0.717) is 13.0 Å². The first-order valence-electron chi connectivity index (χ1n) is 10.3. The van der Waals surface area contributed by atoms with Gasteiger partial charge in [0.2, 0.25) is 0 Å². The Morgan fingerprint density at radius 2 is 1.87 bits per heavy atom. The lowest BCUT2D eigenvalue weighted by atomic mass is 10.1. The minimum Gasteiger partial charge on any atom is -0.444 e. The number of carbonyl (C=O) groups is 1. The summed E-state index contributed by atoms with van der Waals surface area (Å²) in [7, 11) is -1.97. The van der Waals surface area contributed by atoms with E-state index in [2.05, 4.69) is 54.8 Å². The summed E-state index contributed by atoms with van der Waals surface area (Å²) < 4.78 is 15.0. The zero-order valence-corrected chi connectivity index (χ0v) is 21.8. The van der Waals surface area contributed by atoms with Crippen LogP contribution in [0.4, 0.5) is 4.79 Å². The van der Waals surface area contributed by atoms with Gasteiger partial charge >= 0.3 is 6.09 Å². The molecule has 166 valence electrons. The molecule has 3 rings (SSSR count). The van der Waals surface area contributed by atoms with Gasteiger partial charge < -0.3 is 13.6 Å². The third-order valence-electron chi connectivity index (χ3n) is 5.83. The molecule has 2 atom stereocenters. The number of rotatable bonds is 3. The van der Waals surface area contributed by atoms with Gasteiger partial charge in [-0.25, -0.2) is 14.8 Å². The fourth-order valence-corrected chi connectivity index (χ4v) is 5.01. The van der Waals surface area contributed by atoms with Gasteiger partial charge in [-0.3, -0.25) is 4.90 Å². The number of imidazole rings is 1. The predicted molar refractivity (Wildman–Crippen MR) is 123 cm³/mol. The van der Waals surface area contributed by atoms with E-state index in [1.165, 1.54) is 0 Å². The van der Waals surface area contributed by atoms with Crippen LogP contribution in [0.25, 0.3) is 5.65 Å². The standard InChI is InChI=1S/C21H33BrN4O3Si/c1-20(2,3)28-19(27)26-11-14(29-30(7,8)21(4,5)6)9-16(26)15-12-25-13-17(22)23-10-18(25)24-15/h10,12-14,16H,9,11H2,1-8H3/t14-,16+/m0/s1. The van der Waals surface area contributed by atoms with Gasteiger partial charge in [-0.1, -0.05) is 20.8 Å². The van der Waals surface area contributed by atoms with Crippen molar-refractivity contribution in [3.05, 3.63) is 28.9 Å². The molecule has 0 radical (unpaired) electrons. The van der Waals surface area contributed by atoms with Crippen LogP contribution in [-0.4, -0.2) is 51.9 Å². The van der Waals surface area contributed by atoms with Crippen molar-refractivity contribution in [3.63, 3.8) is 0 Å². The molecule has 9 heteroatoms. The average Bonchev–Trinajstić information content (AvgIpc) is 3.15. The molecule has 2 aromatic rings. The van der Waals surface area contributed by atoms with Crippen molar-refractivity contribution in [2.45, 2.75) is 83.8 Å². The molecule has 0 spiro atoms. The second-order valence-corrected chi connectivity index (χ2v) is 16.1. The highest BCUT2D eigenvalue weighted by molar-refractivity contribution is 9.10. The lowest BCUT2D eigenvalue weighted by Gasteiger charge is -2.38. The Bertz CT molecular complexity index is 932. The van der Waals surface area contributed by atoms with Crippen LogP contribution in [0.3, 0.4) is 0 Å². The Hall–Kier alpha value is -1.45. The second-order valence-electron chi connectivity index (χ2n) is 10.5. The van der Waals surface area contributed by atoms with Crippen molar-refractivity contribution >= 4 is 36.0 Å². The summed E-state index contributed by atoms with van der Waals surface area (Å²) >= 11 is 3.39. The maximum absolute atomic E-state index is 13.0. The van der Waals surface area contributed by atoms with Crippen LogP contribution in [0.2, 0.25) is 18.1 Å². The van der Waals surface area contributed by atoms with E-state index in [1.807, 2.05) is 37.6 Å². The van der Waals surface area contributed by atoms with Crippen LogP contribution >= 0.6 is 15.9 Å². The Morgan fingerprint density at radius 3 is 2.47 bits per heavy atom. The van der Waals surface area contributed by atoms with E-state index in [4.69, 9.17) is 14.1 Å². The molecule has 7 nitrogen and oxygen atoms in total. The van der Waals surface area contributed by atoms with Crippen LogP contribution in [0, 0.1) is 0 Å². The van der Waals surface area contributed by atoms with Gasteiger partial charge in [0.15, 0.2) is 14.0 Å². The monoisotopic (exact) mass is 496 g/mol. The third kappa shape index (κ3) is 5.05. The van der Waals surface area contributed by atoms with Crippen LogP contribution in [0.5, 0.6) is 0 Å². The summed E-state index contributed by atoms with van der Waals surface area (Å²) in [5, 5.41) is 0.100. The van der Waals surface area contributed by atoms with Gasteiger partial charge in [0.1, 0.15) is 10.2 Å². The quantitative estimate of drug-likeness (QED) is 0.519. The smallest absolute Gasteiger partial charge is 0.410 e. The summed E-state index contributed by atoms with van der Waals surface area (Å²) in [5.74, 6) is 0. The summed E-state index contributed by atoms with van der Waals surface area (Å²) in [6.07, 6.45) is 5.86. The van der Waals surface area contributed by atoms with Gasteiger partial charge in [0.05, 0.1) is 24.0 Å². The van der Waals surface area contributed by atoms with Gasteiger partial charge in [-0.15, -0.1) is 0 Å². The van der Waals surface area contributed by atoms with Gasteiger partial charge in [-0.2, -0.15) is 0 Å². The molecule has 1 aliphatic rings. The molecule has 0 aromatic carbocycles. The fraction of sp³-hybridized carbons (Fsp3) is 0.667. The van der Waals surface area contributed by atoms with E-state index in [9.17, 15) is 4.79 Å². The average molecular weight is 498 g/mol. The van der Waals surface area contributed by atoms with E-state index in [1.54, 1.807) is 11.1 Å². The molecule has 1 aliphatic heterocycles. The normalized spacial score (nSPS) is 20.8. The van der Waals surface area contributed by atoms with Crippen LogP contribution in [0.15, 0.2) is 23.2 Å². The molecule has 0 saturated carbocycles. The molecule has 0 bridgehead atoms. The largest absolute Gasteiger partial charge is 0.444 e. The van der Waals surface area contributed by atoms with E-state index in [0.717, 1.165) is 15.9 Å². The molecule has 30 heavy (non-hydrogen) atoms. The first kappa shape index (κ1) is 23.2. The Balaban J connectivity index is 1.91. The summed E-state index contributed by atoms with van der Waals surface area (Å²) in [6, 6.07) is -0.201. The number of carbonyl (C=O) groups excluding carboxylic acids is 1. The van der Waals surface area contributed by atoms with E-state index in [-0.39, 0.29) is 23.3 Å². The first-order valence-corrected chi connectivity index (χ1v) is 14.0. The zero-order chi connectivity index (χ0) is 22.5. The number of hydrogen-bond acceptors (Lipinski definition) is 5. The number of ether oxygens (including phenoxy) is 1. The summed E-state index contributed by atoms with van der Waals surface area (Å²) in [6.45, 7) is 17.3. The number of hydrogen-bond donors (Lipinski definition) is 0. The van der Waals surface area contributed by atoms with Crippen molar-refractivity contribution < 1.29 is 14.0 Å². The maximum atomic E-state index is 13.0. The fourth-order valence-electron chi connectivity index (χ4n) is 3.33. The third-order valence-corrected chi connectivity index (χ3v) is 10.8. The van der Waals surface area contributed by atoms with Crippen molar-refractivity contribution in [1.82, 2.24) is 19.3 Å². The number of likely N-dealkylation sites (tertiary alicyclic amines) is 1. The Labute approximate surface area is 188 Å². The van der Waals surface area contributed by atoms with Gasteiger partial charge in [0.25, 0.3) is 0 Å². The molecule has 0 unspecified atom stereocenters. The molecular weight excluding hydrogens is 464 g/mol. The lowest BCUT2D eigenvalue weighted by molar-refractivity contribution is 0.0206. The zero-order valence-electron chi connectivity index (χ0n) is 19.2. The SMILES string of the molecule is CC(C)(C)OC(=O)N1C[C@@H](O[Si](C)(C)C(C)(C)C)C[C@@H]1c1cn2cc(Br)ncc2n1. The maximum Gasteiger partial charge on any atom is 0.410 e. The Morgan fingerprint density at radius 1 is 1.20 bits per heavy atom. The predicted octanol–water partition coefficient (Wildman–Crippen LogP) is 5.56.